The number of rotatable bonds is 0. The van der Waals surface area contributed by atoms with Gasteiger partial charge in [-0.05, 0) is 25.2 Å². The Hall–Kier alpha value is -1.26. The van der Waals surface area contributed by atoms with Crippen LogP contribution in [0.15, 0.2) is 18.2 Å². The van der Waals surface area contributed by atoms with E-state index in [9.17, 15) is 4.79 Å². The maximum atomic E-state index is 12.1. The summed E-state index contributed by atoms with van der Waals surface area (Å²) in [4.78, 5) is 12.1. The van der Waals surface area contributed by atoms with Crippen molar-refractivity contribution in [2.45, 2.75) is 18.5 Å². The fraction of sp³-hybridized carbons (Fsp3) is 0.417. The minimum atomic E-state index is -0.306. The molecule has 3 rings (SSSR count). The Balaban J connectivity index is 2.00. The summed E-state index contributed by atoms with van der Waals surface area (Å²) in [6, 6.07) is 5.51. The lowest BCUT2D eigenvalue weighted by molar-refractivity contribution is 0.0881. The van der Waals surface area contributed by atoms with Crippen molar-refractivity contribution < 1.29 is 4.79 Å². The molecule has 0 aliphatic carbocycles. The molecule has 0 saturated carbocycles. The predicted molar refractivity (Wildman–Crippen MR) is 67.4 cm³/mol. The second-order valence-electron chi connectivity index (χ2n) is 4.57. The molecular formula is C12H14ClN3O. The third-order valence-electron chi connectivity index (χ3n) is 3.42. The van der Waals surface area contributed by atoms with E-state index in [4.69, 9.17) is 11.6 Å². The molecule has 1 fully saturated rings. The first kappa shape index (κ1) is 10.9. The van der Waals surface area contributed by atoms with E-state index in [1.165, 1.54) is 0 Å². The third-order valence-corrected chi connectivity index (χ3v) is 3.74. The summed E-state index contributed by atoms with van der Waals surface area (Å²) in [5.74, 6) is -0.0775. The zero-order valence-electron chi connectivity index (χ0n) is 9.35. The van der Waals surface area contributed by atoms with Crippen LogP contribution in [0.5, 0.6) is 0 Å². The lowest BCUT2D eigenvalue weighted by Gasteiger charge is -2.43. The fourth-order valence-corrected chi connectivity index (χ4v) is 2.79. The Labute approximate surface area is 105 Å². The monoisotopic (exact) mass is 251 g/mol. The highest BCUT2D eigenvalue weighted by Crippen LogP contribution is 2.33. The molecule has 2 heterocycles. The van der Waals surface area contributed by atoms with E-state index in [2.05, 4.69) is 16.0 Å². The Morgan fingerprint density at radius 3 is 2.71 bits per heavy atom. The zero-order chi connectivity index (χ0) is 11.9. The van der Waals surface area contributed by atoms with Gasteiger partial charge in [-0.2, -0.15) is 0 Å². The Kier molecular flexibility index (Phi) is 2.49. The van der Waals surface area contributed by atoms with Crippen molar-refractivity contribution in [3.8, 4) is 0 Å². The number of hydrogen-bond donors (Lipinski definition) is 3. The van der Waals surface area contributed by atoms with Crippen molar-refractivity contribution in [1.82, 2.24) is 10.6 Å². The molecule has 5 heteroatoms. The summed E-state index contributed by atoms with van der Waals surface area (Å²) in [5.41, 5.74) is 1.08. The highest BCUT2D eigenvalue weighted by atomic mass is 35.5. The van der Waals surface area contributed by atoms with Crippen LogP contribution in [0.4, 0.5) is 5.69 Å². The van der Waals surface area contributed by atoms with Crippen LogP contribution in [0.25, 0.3) is 0 Å². The van der Waals surface area contributed by atoms with Crippen LogP contribution in [-0.2, 0) is 0 Å². The van der Waals surface area contributed by atoms with E-state index in [0.29, 0.717) is 10.6 Å². The van der Waals surface area contributed by atoms with E-state index in [0.717, 1.165) is 31.6 Å². The summed E-state index contributed by atoms with van der Waals surface area (Å²) < 4.78 is 0. The topological polar surface area (TPSA) is 53.2 Å². The molecule has 4 nitrogen and oxygen atoms in total. The number of piperidine rings is 1. The largest absolute Gasteiger partial charge is 0.362 e. The molecule has 0 bridgehead atoms. The van der Waals surface area contributed by atoms with Gasteiger partial charge in [-0.15, -0.1) is 0 Å². The predicted octanol–water partition coefficient (Wildman–Crippen LogP) is 1.57. The van der Waals surface area contributed by atoms with Crippen molar-refractivity contribution in [1.29, 1.82) is 0 Å². The summed E-state index contributed by atoms with van der Waals surface area (Å²) in [7, 11) is 0. The van der Waals surface area contributed by atoms with Crippen molar-refractivity contribution >= 4 is 23.2 Å². The Morgan fingerprint density at radius 2 is 1.94 bits per heavy atom. The lowest BCUT2D eigenvalue weighted by Crippen LogP contribution is -2.61. The number of hydrogen-bond acceptors (Lipinski definition) is 3. The quantitative estimate of drug-likeness (QED) is 0.656. The van der Waals surface area contributed by atoms with Crippen LogP contribution >= 0.6 is 11.6 Å². The summed E-state index contributed by atoms with van der Waals surface area (Å²) in [5, 5.41) is 10.3. The van der Waals surface area contributed by atoms with Crippen molar-refractivity contribution in [2.24, 2.45) is 0 Å². The lowest BCUT2D eigenvalue weighted by atomic mass is 9.93. The average molecular weight is 252 g/mol. The summed E-state index contributed by atoms with van der Waals surface area (Å²) in [6.07, 6.45) is 1.76. The van der Waals surface area contributed by atoms with Gasteiger partial charge in [0.05, 0.1) is 16.3 Å². The normalized spacial score (nSPS) is 21.6. The van der Waals surface area contributed by atoms with Crippen LogP contribution < -0.4 is 16.0 Å². The van der Waals surface area contributed by atoms with E-state index in [1.807, 2.05) is 12.1 Å². The van der Waals surface area contributed by atoms with Crippen LogP contribution in [0, 0.1) is 0 Å². The van der Waals surface area contributed by atoms with Gasteiger partial charge in [0.2, 0.25) is 0 Å². The molecule has 1 saturated heterocycles. The SMILES string of the molecule is O=C1NC2(CCNCC2)Nc2cccc(Cl)c21. The smallest absolute Gasteiger partial charge is 0.256 e. The molecule has 2 aliphatic heterocycles. The van der Waals surface area contributed by atoms with E-state index in [-0.39, 0.29) is 11.6 Å². The number of anilines is 1. The number of amides is 1. The number of benzene rings is 1. The second kappa shape index (κ2) is 3.89. The van der Waals surface area contributed by atoms with Gasteiger partial charge >= 0.3 is 0 Å². The van der Waals surface area contributed by atoms with Crippen LogP contribution in [0.3, 0.4) is 0 Å². The molecule has 0 radical (unpaired) electrons. The van der Waals surface area contributed by atoms with Crippen molar-refractivity contribution in [3.63, 3.8) is 0 Å². The molecule has 1 spiro atoms. The van der Waals surface area contributed by atoms with Gasteiger partial charge in [0.15, 0.2) is 0 Å². The number of nitrogens with one attached hydrogen (secondary N) is 3. The minimum Gasteiger partial charge on any atom is -0.362 e. The Morgan fingerprint density at radius 1 is 1.18 bits per heavy atom. The highest BCUT2D eigenvalue weighted by Gasteiger charge is 2.38. The number of halogens is 1. The van der Waals surface area contributed by atoms with E-state index in [1.54, 1.807) is 6.07 Å². The number of fused-ring (bicyclic) bond motifs is 1. The van der Waals surface area contributed by atoms with Gasteiger partial charge in [0.25, 0.3) is 5.91 Å². The Bertz CT molecular complexity index is 469. The van der Waals surface area contributed by atoms with Crippen molar-refractivity contribution in [3.05, 3.63) is 28.8 Å². The zero-order valence-corrected chi connectivity index (χ0v) is 10.1. The molecule has 90 valence electrons. The molecule has 0 atom stereocenters. The van der Waals surface area contributed by atoms with Gasteiger partial charge in [0, 0.05) is 12.8 Å². The van der Waals surface area contributed by atoms with E-state index >= 15 is 0 Å². The second-order valence-corrected chi connectivity index (χ2v) is 4.98. The first-order valence-electron chi connectivity index (χ1n) is 5.80. The number of carbonyl (C=O) groups excluding carboxylic acids is 1. The maximum absolute atomic E-state index is 12.1. The third kappa shape index (κ3) is 1.77. The fourth-order valence-electron chi connectivity index (χ4n) is 2.53. The first-order valence-corrected chi connectivity index (χ1v) is 6.18. The molecule has 1 aromatic carbocycles. The van der Waals surface area contributed by atoms with Gasteiger partial charge in [0.1, 0.15) is 5.66 Å². The molecule has 0 aromatic heterocycles. The standard InChI is InChI=1S/C12H14ClN3O/c13-8-2-1-3-9-10(8)11(17)16-12(15-9)4-6-14-7-5-12/h1-3,14-15H,4-7H2,(H,16,17). The average Bonchev–Trinajstić information content (AvgIpc) is 2.29. The van der Waals surface area contributed by atoms with Gasteiger partial charge in [-0.1, -0.05) is 17.7 Å². The molecule has 1 amide bonds. The highest BCUT2D eigenvalue weighted by molar-refractivity contribution is 6.34. The molecule has 1 aromatic rings. The van der Waals surface area contributed by atoms with Crippen LogP contribution in [0.2, 0.25) is 5.02 Å². The van der Waals surface area contributed by atoms with Crippen LogP contribution in [-0.4, -0.2) is 24.7 Å². The number of carbonyl (C=O) groups is 1. The maximum Gasteiger partial charge on any atom is 0.256 e. The minimum absolute atomic E-state index is 0.0775. The molecular weight excluding hydrogens is 238 g/mol. The first-order chi connectivity index (χ1) is 8.20. The molecule has 2 aliphatic rings. The van der Waals surface area contributed by atoms with Gasteiger partial charge in [-0.3, -0.25) is 4.79 Å². The van der Waals surface area contributed by atoms with Gasteiger partial charge < -0.3 is 16.0 Å². The molecule has 0 unspecified atom stereocenters. The van der Waals surface area contributed by atoms with E-state index < -0.39 is 0 Å². The van der Waals surface area contributed by atoms with Gasteiger partial charge in [-0.25, -0.2) is 0 Å². The van der Waals surface area contributed by atoms with Crippen LogP contribution in [0.1, 0.15) is 23.2 Å². The summed E-state index contributed by atoms with van der Waals surface area (Å²) >= 11 is 6.05. The summed E-state index contributed by atoms with van der Waals surface area (Å²) in [6.45, 7) is 1.81. The molecule has 3 N–H and O–H groups in total. The molecule has 17 heavy (non-hydrogen) atoms. The van der Waals surface area contributed by atoms with Crippen molar-refractivity contribution in [2.75, 3.05) is 18.4 Å².